The van der Waals surface area contributed by atoms with Crippen molar-refractivity contribution in [3.63, 3.8) is 0 Å². The van der Waals surface area contributed by atoms with Crippen LogP contribution in [0.2, 0.25) is 0 Å². The first-order chi connectivity index (χ1) is 8.89. The van der Waals surface area contributed by atoms with E-state index in [-0.39, 0.29) is 34.6 Å². The minimum atomic E-state index is -0.299. The summed E-state index contributed by atoms with van der Waals surface area (Å²) in [5.74, 6) is -0.459. The number of para-hydroxylation sites is 1. The number of amides is 1. The minimum Gasteiger partial charge on any atom is -0.505 e. The summed E-state index contributed by atoms with van der Waals surface area (Å²) >= 11 is 0. The molecule has 5 heteroatoms. The molecule has 1 aromatic carbocycles. The smallest absolute Gasteiger partial charge is 0.255 e. The molecule has 2 rings (SSSR count). The van der Waals surface area contributed by atoms with Crippen LogP contribution in [0, 0.1) is 0 Å². The highest BCUT2D eigenvalue weighted by molar-refractivity contribution is 5.98. The van der Waals surface area contributed by atoms with Gasteiger partial charge in [0, 0.05) is 12.6 Å². The second-order valence-electron chi connectivity index (χ2n) is 5.51. The summed E-state index contributed by atoms with van der Waals surface area (Å²) in [5, 5.41) is 12.7. The van der Waals surface area contributed by atoms with Crippen LogP contribution in [0.1, 0.15) is 37.0 Å². The average molecular weight is 264 g/mol. The van der Waals surface area contributed by atoms with E-state index in [1.807, 2.05) is 13.8 Å². The third-order valence-electron chi connectivity index (χ3n) is 3.34. The largest absolute Gasteiger partial charge is 0.505 e. The molecule has 19 heavy (non-hydrogen) atoms. The molecule has 0 spiro atoms. The van der Waals surface area contributed by atoms with Gasteiger partial charge in [0.2, 0.25) is 0 Å². The second-order valence-corrected chi connectivity index (χ2v) is 5.51. The molecule has 1 saturated heterocycles. The Bertz CT molecular complexity index is 486. The summed E-state index contributed by atoms with van der Waals surface area (Å²) in [7, 11) is 0. The lowest BCUT2D eigenvalue weighted by molar-refractivity contribution is -0.0615. The minimum absolute atomic E-state index is 0.0529. The third kappa shape index (κ3) is 3.17. The van der Waals surface area contributed by atoms with E-state index in [0.717, 1.165) is 12.8 Å². The fourth-order valence-corrected chi connectivity index (χ4v) is 2.36. The molecular weight excluding hydrogens is 244 g/mol. The van der Waals surface area contributed by atoms with Gasteiger partial charge in [-0.05, 0) is 38.8 Å². The number of aromatic hydroxyl groups is 1. The molecule has 0 aromatic heterocycles. The van der Waals surface area contributed by atoms with Gasteiger partial charge in [0.1, 0.15) is 0 Å². The average Bonchev–Trinajstić information content (AvgIpc) is 2.31. The molecule has 5 nitrogen and oxygen atoms in total. The number of carbonyl (C=O) groups excluding carboxylic acids is 1. The number of ether oxygens (including phenoxy) is 1. The number of carbonyl (C=O) groups is 1. The molecule has 1 atom stereocenters. The quantitative estimate of drug-likeness (QED) is 0.560. The molecule has 104 valence electrons. The Labute approximate surface area is 112 Å². The van der Waals surface area contributed by atoms with Crippen LogP contribution in [0.5, 0.6) is 5.75 Å². The topological polar surface area (TPSA) is 84.6 Å². The summed E-state index contributed by atoms with van der Waals surface area (Å²) in [6, 6.07) is 4.82. The van der Waals surface area contributed by atoms with Crippen molar-refractivity contribution in [2.24, 2.45) is 0 Å². The number of nitrogen functional groups attached to an aromatic ring is 1. The van der Waals surface area contributed by atoms with Crippen LogP contribution >= 0.6 is 0 Å². The lowest BCUT2D eigenvalue weighted by atomic mass is 9.93. The number of benzene rings is 1. The van der Waals surface area contributed by atoms with Gasteiger partial charge in [-0.1, -0.05) is 6.07 Å². The maximum Gasteiger partial charge on any atom is 0.255 e. The Morgan fingerprint density at radius 1 is 1.53 bits per heavy atom. The Morgan fingerprint density at radius 3 is 2.95 bits per heavy atom. The Balaban J connectivity index is 2.07. The van der Waals surface area contributed by atoms with Crippen molar-refractivity contribution in [1.29, 1.82) is 0 Å². The number of phenolic OH excluding ortho intramolecular Hbond substituents is 1. The normalized spacial score (nSPS) is 21.9. The molecule has 1 amide bonds. The van der Waals surface area contributed by atoms with Crippen LogP contribution in [-0.2, 0) is 4.74 Å². The number of hydrogen-bond acceptors (Lipinski definition) is 4. The molecule has 1 unspecified atom stereocenters. The van der Waals surface area contributed by atoms with E-state index in [0.29, 0.717) is 6.61 Å². The van der Waals surface area contributed by atoms with Gasteiger partial charge in [-0.2, -0.15) is 0 Å². The summed E-state index contributed by atoms with van der Waals surface area (Å²) in [5.41, 5.74) is 5.78. The van der Waals surface area contributed by atoms with E-state index in [9.17, 15) is 9.90 Å². The highest BCUT2D eigenvalue weighted by atomic mass is 16.5. The van der Waals surface area contributed by atoms with Crippen LogP contribution in [0.25, 0.3) is 0 Å². The fourth-order valence-electron chi connectivity index (χ4n) is 2.36. The zero-order valence-electron chi connectivity index (χ0n) is 11.3. The maximum absolute atomic E-state index is 12.1. The number of nitrogens with one attached hydrogen (secondary N) is 1. The zero-order valence-corrected chi connectivity index (χ0v) is 11.3. The second kappa shape index (κ2) is 5.09. The van der Waals surface area contributed by atoms with Crippen LogP contribution in [0.3, 0.4) is 0 Å². The van der Waals surface area contributed by atoms with E-state index in [1.54, 1.807) is 18.2 Å². The monoisotopic (exact) mass is 264 g/mol. The number of hydrogen-bond donors (Lipinski definition) is 3. The number of rotatable bonds is 2. The van der Waals surface area contributed by atoms with Crippen molar-refractivity contribution < 1.29 is 14.6 Å². The van der Waals surface area contributed by atoms with Crippen molar-refractivity contribution >= 4 is 11.6 Å². The van der Waals surface area contributed by atoms with Crippen molar-refractivity contribution in [1.82, 2.24) is 5.32 Å². The highest BCUT2D eigenvalue weighted by Gasteiger charge is 2.30. The van der Waals surface area contributed by atoms with Gasteiger partial charge in [0.25, 0.3) is 5.91 Å². The van der Waals surface area contributed by atoms with E-state index in [1.165, 1.54) is 0 Å². The van der Waals surface area contributed by atoms with Gasteiger partial charge in [-0.25, -0.2) is 0 Å². The number of nitrogens with two attached hydrogens (primary N) is 1. The number of anilines is 1. The van der Waals surface area contributed by atoms with Crippen molar-refractivity contribution in [2.75, 3.05) is 12.3 Å². The summed E-state index contributed by atoms with van der Waals surface area (Å²) < 4.78 is 5.60. The lowest BCUT2D eigenvalue weighted by Crippen LogP contribution is -2.45. The van der Waals surface area contributed by atoms with Crippen LogP contribution in [0.15, 0.2) is 18.2 Å². The van der Waals surface area contributed by atoms with E-state index in [2.05, 4.69) is 5.32 Å². The summed E-state index contributed by atoms with van der Waals surface area (Å²) in [4.78, 5) is 12.1. The lowest BCUT2D eigenvalue weighted by Gasteiger charge is -2.35. The molecule has 0 bridgehead atoms. The molecule has 4 N–H and O–H groups in total. The Morgan fingerprint density at radius 2 is 2.26 bits per heavy atom. The van der Waals surface area contributed by atoms with Gasteiger partial charge in [0.15, 0.2) is 5.75 Å². The summed E-state index contributed by atoms with van der Waals surface area (Å²) in [6.07, 6.45) is 1.53. The molecule has 0 saturated carbocycles. The van der Waals surface area contributed by atoms with Gasteiger partial charge in [-0.15, -0.1) is 0 Å². The predicted octanol–water partition coefficient (Wildman–Crippen LogP) is 1.66. The van der Waals surface area contributed by atoms with E-state index >= 15 is 0 Å². The molecule has 0 aliphatic carbocycles. The van der Waals surface area contributed by atoms with Crippen LogP contribution in [0.4, 0.5) is 5.69 Å². The molecule has 1 fully saturated rings. The molecule has 0 radical (unpaired) electrons. The molecule has 1 aliphatic rings. The van der Waals surface area contributed by atoms with Gasteiger partial charge in [0.05, 0.1) is 16.9 Å². The zero-order chi connectivity index (χ0) is 14.0. The first kappa shape index (κ1) is 13.7. The molecular formula is C14H20N2O3. The third-order valence-corrected chi connectivity index (χ3v) is 3.34. The first-order valence-corrected chi connectivity index (χ1v) is 6.41. The van der Waals surface area contributed by atoms with Gasteiger partial charge >= 0.3 is 0 Å². The SMILES string of the molecule is CC1(C)CC(NC(=O)c2cccc(N)c2O)CCO1. The highest BCUT2D eigenvalue weighted by Crippen LogP contribution is 2.26. The first-order valence-electron chi connectivity index (χ1n) is 6.41. The van der Waals surface area contributed by atoms with Crippen molar-refractivity contribution in [2.45, 2.75) is 38.3 Å². The molecule has 1 aliphatic heterocycles. The summed E-state index contributed by atoms with van der Waals surface area (Å²) in [6.45, 7) is 4.63. The molecule has 1 heterocycles. The van der Waals surface area contributed by atoms with E-state index < -0.39 is 0 Å². The van der Waals surface area contributed by atoms with E-state index in [4.69, 9.17) is 10.5 Å². The van der Waals surface area contributed by atoms with Gasteiger partial charge in [-0.3, -0.25) is 4.79 Å². The van der Waals surface area contributed by atoms with Crippen LogP contribution < -0.4 is 11.1 Å². The Hall–Kier alpha value is -1.75. The standard InChI is InChI=1S/C14H20N2O3/c1-14(2)8-9(6-7-19-14)16-13(18)10-4-3-5-11(15)12(10)17/h3-5,9,17H,6-8,15H2,1-2H3,(H,16,18). The van der Waals surface area contributed by atoms with Crippen LogP contribution in [-0.4, -0.2) is 29.3 Å². The fraction of sp³-hybridized carbons (Fsp3) is 0.500. The van der Waals surface area contributed by atoms with Crippen molar-refractivity contribution in [3.05, 3.63) is 23.8 Å². The van der Waals surface area contributed by atoms with Crippen molar-refractivity contribution in [3.8, 4) is 5.75 Å². The van der Waals surface area contributed by atoms with Gasteiger partial charge < -0.3 is 20.9 Å². The Kier molecular flexibility index (Phi) is 3.66. The predicted molar refractivity (Wildman–Crippen MR) is 73.0 cm³/mol. The maximum atomic E-state index is 12.1. The molecule has 1 aromatic rings. The number of phenols is 1.